The van der Waals surface area contributed by atoms with Crippen molar-refractivity contribution in [2.75, 3.05) is 18.8 Å². The smallest absolute Gasteiger partial charge is 0.329 e. The molecule has 0 fully saturated rings. The Morgan fingerprint density at radius 1 is 1.26 bits per heavy atom. The van der Waals surface area contributed by atoms with Crippen LogP contribution in [0.3, 0.4) is 0 Å². The SMILES string of the molecule is CCCCCCN(B(C)NC)B(C)Nc1ncnn1C(C)(C)S. The van der Waals surface area contributed by atoms with Crippen molar-refractivity contribution in [2.24, 2.45) is 0 Å². The summed E-state index contributed by atoms with van der Waals surface area (Å²) in [5, 5.41) is 11.1. The van der Waals surface area contributed by atoms with Gasteiger partial charge in [-0.1, -0.05) is 39.8 Å². The van der Waals surface area contributed by atoms with Crippen LogP contribution in [-0.4, -0.2) is 47.0 Å². The molecule has 9 heteroatoms. The zero-order chi connectivity index (χ0) is 17.5. The number of hydrogen-bond donors (Lipinski definition) is 3. The lowest BCUT2D eigenvalue weighted by molar-refractivity contribution is 0.488. The van der Waals surface area contributed by atoms with Crippen LogP contribution in [0.15, 0.2) is 6.33 Å². The summed E-state index contributed by atoms with van der Waals surface area (Å²) in [6.45, 7) is 12.1. The molecule has 0 saturated heterocycles. The molecule has 0 atom stereocenters. The van der Waals surface area contributed by atoms with Gasteiger partial charge in [-0.2, -0.15) is 5.10 Å². The van der Waals surface area contributed by atoms with Gasteiger partial charge in [-0.05, 0) is 33.9 Å². The van der Waals surface area contributed by atoms with Gasteiger partial charge in [-0.25, -0.2) is 9.67 Å². The van der Waals surface area contributed by atoms with Gasteiger partial charge in [-0.15, -0.1) is 12.6 Å². The Labute approximate surface area is 147 Å². The van der Waals surface area contributed by atoms with Crippen LogP contribution in [-0.2, 0) is 4.87 Å². The maximum Gasteiger partial charge on any atom is 0.329 e. The van der Waals surface area contributed by atoms with Crippen molar-refractivity contribution in [1.29, 1.82) is 0 Å². The van der Waals surface area contributed by atoms with Gasteiger partial charge in [0.05, 0.1) is 0 Å². The Morgan fingerprint density at radius 3 is 2.52 bits per heavy atom. The van der Waals surface area contributed by atoms with E-state index in [2.05, 4.69) is 58.5 Å². The van der Waals surface area contributed by atoms with Gasteiger partial charge in [0, 0.05) is 0 Å². The molecule has 0 radical (unpaired) electrons. The van der Waals surface area contributed by atoms with Crippen molar-refractivity contribution in [3.8, 4) is 0 Å². The van der Waals surface area contributed by atoms with Crippen LogP contribution in [0, 0.1) is 0 Å². The highest BCUT2D eigenvalue weighted by molar-refractivity contribution is 7.81. The fourth-order valence-corrected chi connectivity index (χ4v) is 2.77. The molecule has 1 aromatic rings. The molecule has 130 valence electrons. The Morgan fingerprint density at radius 2 is 1.96 bits per heavy atom. The lowest BCUT2D eigenvalue weighted by Gasteiger charge is -2.31. The zero-order valence-corrected chi connectivity index (χ0v) is 16.4. The van der Waals surface area contributed by atoms with Crippen LogP contribution in [0.25, 0.3) is 0 Å². The fraction of sp³-hybridized carbons (Fsp3) is 0.857. The third-order valence-electron chi connectivity index (χ3n) is 4.09. The summed E-state index contributed by atoms with van der Waals surface area (Å²) in [5.41, 5.74) is 0. The van der Waals surface area contributed by atoms with Gasteiger partial charge in [0.25, 0.3) is 6.98 Å². The second-order valence-electron chi connectivity index (χ2n) is 6.57. The molecule has 0 aromatic carbocycles. The van der Waals surface area contributed by atoms with Gasteiger partial charge in [0.1, 0.15) is 11.2 Å². The predicted octanol–water partition coefficient (Wildman–Crippen LogP) is 2.65. The van der Waals surface area contributed by atoms with E-state index in [-0.39, 0.29) is 11.9 Å². The first-order valence-corrected chi connectivity index (χ1v) is 9.08. The van der Waals surface area contributed by atoms with E-state index in [1.165, 1.54) is 25.7 Å². The lowest BCUT2D eigenvalue weighted by Crippen LogP contribution is -2.56. The Bertz CT molecular complexity index is 451. The van der Waals surface area contributed by atoms with Gasteiger partial charge in [-0.3, -0.25) is 0 Å². The normalized spacial score (nSPS) is 11.8. The highest BCUT2D eigenvalue weighted by Gasteiger charge is 2.28. The first-order valence-electron chi connectivity index (χ1n) is 8.63. The topological polar surface area (TPSA) is 58.0 Å². The second-order valence-corrected chi connectivity index (χ2v) is 7.67. The molecule has 0 unspecified atom stereocenters. The number of rotatable bonds is 11. The monoisotopic (exact) mass is 338 g/mol. The third-order valence-corrected chi connectivity index (χ3v) is 4.28. The van der Waals surface area contributed by atoms with Crippen LogP contribution < -0.4 is 10.5 Å². The summed E-state index contributed by atoms with van der Waals surface area (Å²) in [6.07, 6.45) is 6.61. The highest BCUT2D eigenvalue weighted by atomic mass is 32.1. The first-order chi connectivity index (χ1) is 10.8. The summed E-state index contributed by atoms with van der Waals surface area (Å²) < 4.78 is 4.23. The van der Waals surface area contributed by atoms with Crippen molar-refractivity contribution < 1.29 is 0 Å². The van der Waals surface area contributed by atoms with E-state index in [9.17, 15) is 0 Å². The number of anilines is 1. The summed E-state index contributed by atoms with van der Waals surface area (Å²) in [4.78, 5) is 3.95. The van der Waals surface area contributed by atoms with Crippen molar-refractivity contribution in [1.82, 2.24) is 24.7 Å². The van der Waals surface area contributed by atoms with Crippen molar-refractivity contribution in [3.63, 3.8) is 0 Å². The molecule has 1 aromatic heterocycles. The van der Waals surface area contributed by atoms with E-state index < -0.39 is 0 Å². The van der Waals surface area contributed by atoms with Crippen LogP contribution in [0.1, 0.15) is 46.5 Å². The molecule has 1 heterocycles. The predicted molar refractivity (Wildman–Crippen MR) is 105 cm³/mol. The van der Waals surface area contributed by atoms with Crippen LogP contribution >= 0.6 is 12.6 Å². The molecule has 0 amide bonds. The Kier molecular flexibility index (Phi) is 8.50. The van der Waals surface area contributed by atoms with E-state index >= 15 is 0 Å². The highest BCUT2D eigenvalue weighted by Crippen LogP contribution is 2.22. The Hall–Kier alpha value is -0.660. The van der Waals surface area contributed by atoms with Gasteiger partial charge >= 0.3 is 6.98 Å². The molecule has 0 aliphatic rings. The van der Waals surface area contributed by atoms with Crippen molar-refractivity contribution in [2.45, 2.75) is 65.0 Å². The molecular weight excluding hydrogens is 306 g/mol. The summed E-state index contributed by atoms with van der Waals surface area (Å²) in [6, 6.07) is 0. The first kappa shape index (κ1) is 20.4. The minimum Gasteiger partial charge on any atom is -0.384 e. The molecular formula is C14H32B2N6S. The molecule has 0 aliphatic carbocycles. The van der Waals surface area contributed by atoms with Crippen LogP contribution in [0.2, 0.25) is 13.6 Å². The molecule has 2 N–H and O–H groups in total. The third kappa shape index (κ3) is 6.39. The maximum atomic E-state index is 4.59. The number of unbranched alkanes of at least 4 members (excludes halogenated alkanes) is 3. The Balaban J connectivity index is 2.73. The number of nitrogens with one attached hydrogen (secondary N) is 2. The average molecular weight is 338 g/mol. The summed E-state index contributed by atoms with van der Waals surface area (Å²) in [5.74, 6) is 0.749. The minimum atomic E-state index is -0.390. The summed E-state index contributed by atoms with van der Waals surface area (Å²) in [7, 11) is 2.00. The van der Waals surface area contributed by atoms with Gasteiger partial charge in [0.15, 0.2) is 0 Å². The molecule has 0 bridgehead atoms. The van der Waals surface area contributed by atoms with E-state index in [1.807, 2.05) is 25.6 Å². The number of hydrogen-bond acceptors (Lipinski definition) is 6. The standard InChI is InChI=1S/C14H32B2N6S/c1-7-8-9-10-11-21(15(4)17-6)16(5)20-13-18-12-19-22(13)14(2,3)23/h12,17,23H,7-11H2,1-6H3,(H,18,19,20). The zero-order valence-electron chi connectivity index (χ0n) is 15.5. The molecule has 0 spiro atoms. The molecule has 6 nitrogen and oxygen atoms in total. The van der Waals surface area contributed by atoms with E-state index in [0.29, 0.717) is 6.98 Å². The second kappa shape index (κ2) is 9.59. The maximum absolute atomic E-state index is 4.59. The number of aromatic nitrogens is 3. The van der Waals surface area contributed by atoms with Crippen LogP contribution in [0.5, 0.6) is 0 Å². The van der Waals surface area contributed by atoms with Crippen molar-refractivity contribution in [3.05, 3.63) is 6.33 Å². The minimum absolute atomic E-state index is 0.151. The average Bonchev–Trinajstić information content (AvgIpc) is 2.94. The van der Waals surface area contributed by atoms with E-state index in [0.717, 1.165) is 12.5 Å². The van der Waals surface area contributed by atoms with E-state index in [1.54, 1.807) is 6.33 Å². The van der Waals surface area contributed by atoms with E-state index in [4.69, 9.17) is 0 Å². The molecule has 23 heavy (non-hydrogen) atoms. The largest absolute Gasteiger partial charge is 0.384 e. The number of nitrogens with zero attached hydrogens (tertiary/aromatic N) is 4. The lowest BCUT2D eigenvalue weighted by atomic mass is 9.62. The molecule has 0 aliphatic heterocycles. The number of thiol groups is 1. The van der Waals surface area contributed by atoms with Crippen molar-refractivity contribution >= 4 is 32.5 Å². The van der Waals surface area contributed by atoms with Gasteiger partial charge < -0.3 is 15.2 Å². The quantitative estimate of drug-likeness (QED) is 0.329. The molecule has 0 saturated carbocycles. The molecule has 1 rings (SSSR count). The van der Waals surface area contributed by atoms with Gasteiger partial charge in [0.2, 0.25) is 5.95 Å². The summed E-state index contributed by atoms with van der Waals surface area (Å²) >= 11 is 4.59. The van der Waals surface area contributed by atoms with Crippen LogP contribution in [0.4, 0.5) is 5.95 Å². The fourth-order valence-electron chi connectivity index (χ4n) is 2.62.